The Kier molecular flexibility index (Phi) is 6.97. The van der Waals surface area contributed by atoms with Gasteiger partial charge in [0.1, 0.15) is 6.61 Å². The van der Waals surface area contributed by atoms with Gasteiger partial charge < -0.3 is 9.47 Å². The molecule has 0 amide bonds. The van der Waals surface area contributed by atoms with Crippen LogP contribution in [0.2, 0.25) is 0 Å². The van der Waals surface area contributed by atoms with Gasteiger partial charge >= 0.3 is 11.9 Å². The Morgan fingerprint density at radius 2 is 1.80 bits per heavy atom. The summed E-state index contributed by atoms with van der Waals surface area (Å²) < 4.78 is 9.40. The molecule has 0 spiro atoms. The van der Waals surface area contributed by atoms with Crippen LogP contribution >= 0.6 is 0 Å². The maximum absolute atomic E-state index is 10.9. The average molecular weight is 212 g/mol. The van der Waals surface area contributed by atoms with Gasteiger partial charge in [-0.3, -0.25) is 4.79 Å². The van der Waals surface area contributed by atoms with Crippen LogP contribution in [0.3, 0.4) is 0 Å². The molecule has 0 aromatic rings. The molecule has 0 atom stereocenters. The van der Waals surface area contributed by atoms with Crippen molar-refractivity contribution < 1.29 is 19.1 Å². The van der Waals surface area contributed by atoms with Gasteiger partial charge in [-0.2, -0.15) is 0 Å². The third-order valence-corrected chi connectivity index (χ3v) is 1.46. The van der Waals surface area contributed by atoms with Crippen LogP contribution < -0.4 is 0 Å². The van der Waals surface area contributed by atoms with Crippen molar-refractivity contribution in [3.8, 4) is 0 Å². The minimum Gasteiger partial charge on any atom is -0.463 e. The molecule has 0 N–H and O–H groups in total. The van der Waals surface area contributed by atoms with Gasteiger partial charge in [-0.1, -0.05) is 11.6 Å². The fourth-order valence-corrected chi connectivity index (χ4v) is 0.748. The van der Waals surface area contributed by atoms with E-state index in [1.807, 2.05) is 0 Å². The minimum atomic E-state index is -0.377. The van der Waals surface area contributed by atoms with Crippen LogP contribution in [0.15, 0.2) is 23.8 Å². The van der Waals surface area contributed by atoms with E-state index in [2.05, 4.69) is 0 Å². The molecule has 0 rings (SSSR count). The van der Waals surface area contributed by atoms with Gasteiger partial charge in [0.05, 0.1) is 6.61 Å². The highest BCUT2D eigenvalue weighted by Gasteiger charge is 1.93. The molecule has 84 valence electrons. The second-order valence-electron chi connectivity index (χ2n) is 2.84. The van der Waals surface area contributed by atoms with E-state index in [0.29, 0.717) is 6.61 Å². The maximum atomic E-state index is 10.9. The topological polar surface area (TPSA) is 52.6 Å². The zero-order chi connectivity index (χ0) is 11.7. The fourth-order valence-electron chi connectivity index (χ4n) is 0.748. The van der Waals surface area contributed by atoms with E-state index in [9.17, 15) is 9.59 Å². The first-order valence-corrected chi connectivity index (χ1v) is 4.71. The summed E-state index contributed by atoms with van der Waals surface area (Å²) in [6, 6.07) is 0. The Bertz CT molecular complexity index is 276. The van der Waals surface area contributed by atoms with Gasteiger partial charge in [0, 0.05) is 13.0 Å². The maximum Gasteiger partial charge on any atom is 0.330 e. The van der Waals surface area contributed by atoms with Gasteiger partial charge in [0.15, 0.2) is 0 Å². The summed E-state index contributed by atoms with van der Waals surface area (Å²) in [6.45, 7) is 5.47. The van der Waals surface area contributed by atoms with E-state index in [0.717, 1.165) is 5.57 Å². The third-order valence-electron chi connectivity index (χ3n) is 1.46. The molecule has 0 aromatic heterocycles. The summed E-state index contributed by atoms with van der Waals surface area (Å²) in [4.78, 5) is 21.3. The van der Waals surface area contributed by atoms with E-state index in [1.165, 1.54) is 13.0 Å². The lowest BCUT2D eigenvalue weighted by atomic mass is 10.2. The molecule has 0 aliphatic carbocycles. The molecule has 0 saturated carbocycles. The monoisotopic (exact) mass is 212 g/mol. The zero-order valence-corrected chi connectivity index (χ0v) is 9.28. The van der Waals surface area contributed by atoms with Crippen molar-refractivity contribution in [2.45, 2.75) is 20.8 Å². The van der Waals surface area contributed by atoms with Crippen molar-refractivity contribution >= 4 is 11.9 Å². The van der Waals surface area contributed by atoms with Crippen molar-refractivity contribution in [2.75, 3.05) is 13.2 Å². The van der Waals surface area contributed by atoms with Crippen LogP contribution in [0, 0.1) is 0 Å². The number of allylic oxidation sites excluding steroid dienone is 2. The standard InChI is InChI=1S/C11H16O4/c1-4-14-11(13)6-5-9(2)7-8-15-10(3)12/h5-7H,4,8H2,1-3H3/b6-5+,9-7+. The molecule has 4 heteroatoms. The van der Waals surface area contributed by atoms with E-state index in [-0.39, 0.29) is 18.5 Å². The van der Waals surface area contributed by atoms with Crippen molar-refractivity contribution in [3.05, 3.63) is 23.8 Å². The normalized spacial score (nSPS) is 11.5. The Labute approximate surface area is 89.6 Å². The van der Waals surface area contributed by atoms with Gasteiger partial charge in [-0.25, -0.2) is 4.79 Å². The predicted molar refractivity (Wildman–Crippen MR) is 56.2 cm³/mol. The SMILES string of the molecule is CCOC(=O)/C=C/C(C)=C/COC(C)=O. The lowest BCUT2D eigenvalue weighted by Crippen LogP contribution is -1.99. The average Bonchev–Trinajstić information content (AvgIpc) is 2.14. The van der Waals surface area contributed by atoms with Crippen LogP contribution in [-0.2, 0) is 19.1 Å². The summed E-state index contributed by atoms with van der Waals surface area (Å²) in [5.41, 5.74) is 0.837. The Morgan fingerprint density at radius 1 is 1.13 bits per heavy atom. The van der Waals surface area contributed by atoms with Crippen molar-refractivity contribution in [3.63, 3.8) is 0 Å². The van der Waals surface area contributed by atoms with Gasteiger partial charge in [0.2, 0.25) is 0 Å². The van der Waals surface area contributed by atoms with E-state index < -0.39 is 0 Å². The molecule has 0 fully saturated rings. The van der Waals surface area contributed by atoms with Gasteiger partial charge in [-0.15, -0.1) is 0 Å². The summed E-state index contributed by atoms with van der Waals surface area (Å²) >= 11 is 0. The Morgan fingerprint density at radius 3 is 2.33 bits per heavy atom. The van der Waals surface area contributed by atoms with Gasteiger partial charge in [0.25, 0.3) is 0 Å². The number of ether oxygens (including phenoxy) is 2. The minimum absolute atomic E-state index is 0.217. The first-order valence-electron chi connectivity index (χ1n) is 4.71. The Hall–Kier alpha value is -1.58. The number of carbonyl (C=O) groups is 2. The quantitative estimate of drug-likeness (QED) is 0.394. The summed E-state index contributed by atoms with van der Waals surface area (Å²) in [6.07, 6.45) is 4.65. The second kappa shape index (κ2) is 7.79. The molecule has 0 aliphatic rings. The van der Waals surface area contributed by atoms with Crippen molar-refractivity contribution in [1.82, 2.24) is 0 Å². The molecule has 15 heavy (non-hydrogen) atoms. The number of carbonyl (C=O) groups excluding carboxylic acids is 2. The molecule has 0 bridgehead atoms. The number of rotatable bonds is 5. The first kappa shape index (κ1) is 13.4. The van der Waals surface area contributed by atoms with E-state index in [4.69, 9.17) is 9.47 Å². The number of esters is 2. The van der Waals surface area contributed by atoms with Gasteiger partial charge in [-0.05, 0) is 19.9 Å². The van der Waals surface area contributed by atoms with Crippen LogP contribution in [0.25, 0.3) is 0 Å². The van der Waals surface area contributed by atoms with Crippen molar-refractivity contribution in [1.29, 1.82) is 0 Å². The van der Waals surface area contributed by atoms with E-state index >= 15 is 0 Å². The second-order valence-corrected chi connectivity index (χ2v) is 2.84. The number of hydrogen-bond donors (Lipinski definition) is 0. The van der Waals surface area contributed by atoms with Crippen LogP contribution in [0.1, 0.15) is 20.8 Å². The van der Waals surface area contributed by atoms with Crippen LogP contribution in [0.4, 0.5) is 0 Å². The Balaban J connectivity index is 3.94. The summed E-state index contributed by atoms with van der Waals surface area (Å²) in [5, 5.41) is 0. The molecular weight excluding hydrogens is 196 g/mol. The van der Waals surface area contributed by atoms with E-state index in [1.54, 1.807) is 26.0 Å². The molecule has 4 nitrogen and oxygen atoms in total. The molecule has 0 unspecified atom stereocenters. The fraction of sp³-hybridized carbons (Fsp3) is 0.455. The molecule has 0 aromatic carbocycles. The first-order chi connectivity index (χ1) is 7.06. The molecule has 0 heterocycles. The molecule has 0 saturated heterocycles. The number of hydrogen-bond acceptors (Lipinski definition) is 4. The molecule has 0 radical (unpaired) electrons. The third kappa shape index (κ3) is 8.74. The van der Waals surface area contributed by atoms with Crippen LogP contribution in [-0.4, -0.2) is 25.2 Å². The lowest BCUT2D eigenvalue weighted by Gasteiger charge is -1.97. The summed E-state index contributed by atoms with van der Waals surface area (Å²) in [5.74, 6) is -0.703. The largest absolute Gasteiger partial charge is 0.463 e. The zero-order valence-electron chi connectivity index (χ0n) is 9.28. The highest BCUT2D eigenvalue weighted by atomic mass is 16.5. The molecular formula is C11H16O4. The highest BCUT2D eigenvalue weighted by molar-refractivity contribution is 5.82. The summed E-state index contributed by atoms with van der Waals surface area (Å²) in [7, 11) is 0. The molecule has 0 aliphatic heterocycles. The predicted octanol–water partition coefficient (Wildman–Crippen LogP) is 1.62. The smallest absolute Gasteiger partial charge is 0.330 e. The van der Waals surface area contributed by atoms with Crippen molar-refractivity contribution in [2.24, 2.45) is 0 Å². The highest BCUT2D eigenvalue weighted by Crippen LogP contribution is 1.96. The van der Waals surface area contributed by atoms with Crippen LogP contribution in [0.5, 0.6) is 0 Å². The lowest BCUT2D eigenvalue weighted by molar-refractivity contribution is -0.140.